The molecule has 154 valence electrons. The minimum Gasteiger partial charge on any atom is -0.372 e. The second-order valence-electron chi connectivity index (χ2n) is 8.19. The number of aryl methyl sites for hydroxylation is 1. The number of anilines is 1. The van der Waals surface area contributed by atoms with Crippen molar-refractivity contribution < 1.29 is 4.74 Å². The van der Waals surface area contributed by atoms with Crippen molar-refractivity contribution in [1.29, 1.82) is 0 Å². The Balaban J connectivity index is 1.91. The van der Waals surface area contributed by atoms with Crippen LogP contribution in [0.15, 0.2) is 24.3 Å². The minimum atomic E-state index is 0.153. The summed E-state index contributed by atoms with van der Waals surface area (Å²) in [7, 11) is 0. The number of rotatable bonds is 4. The Bertz CT molecular complexity index is 1010. The third kappa shape index (κ3) is 4.00. The molecule has 0 aliphatic carbocycles. The van der Waals surface area contributed by atoms with Crippen molar-refractivity contribution in [1.82, 2.24) is 9.97 Å². The summed E-state index contributed by atoms with van der Waals surface area (Å²) in [4.78, 5) is 13.9. The number of ether oxygens (including phenoxy) is 1. The first kappa shape index (κ1) is 20.6. The fraction of sp³-hybridized carbons (Fsp3) is 0.478. The first-order chi connectivity index (χ1) is 13.9. The lowest BCUT2D eigenvalue weighted by molar-refractivity contribution is -0.00537. The second-order valence-corrected chi connectivity index (χ2v) is 9.61. The molecule has 0 bridgehead atoms. The zero-order chi connectivity index (χ0) is 20.7. The summed E-state index contributed by atoms with van der Waals surface area (Å²) < 4.78 is 5.94. The number of thiophene rings is 1. The quantitative estimate of drug-likeness (QED) is 0.455. The third-order valence-corrected chi connectivity index (χ3v) is 6.88. The molecule has 1 fully saturated rings. The van der Waals surface area contributed by atoms with Gasteiger partial charge in [-0.2, -0.15) is 4.98 Å². The largest absolute Gasteiger partial charge is 0.372 e. The van der Waals surface area contributed by atoms with Crippen molar-refractivity contribution in [3.8, 4) is 11.1 Å². The molecule has 0 saturated carbocycles. The number of morpholine rings is 1. The predicted molar refractivity (Wildman–Crippen MR) is 124 cm³/mol. The van der Waals surface area contributed by atoms with Crippen molar-refractivity contribution in [3.63, 3.8) is 0 Å². The van der Waals surface area contributed by atoms with Crippen LogP contribution in [0.4, 0.5) is 5.82 Å². The molecule has 4 rings (SSSR count). The molecule has 0 amide bonds. The smallest absolute Gasteiger partial charge is 0.225 e. The lowest BCUT2D eigenvalue weighted by Gasteiger charge is -2.36. The molecule has 1 saturated heterocycles. The third-order valence-electron chi connectivity index (χ3n) is 5.48. The summed E-state index contributed by atoms with van der Waals surface area (Å²) in [6.07, 6.45) is 1.26. The zero-order valence-corrected chi connectivity index (χ0v) is 19.3. The van der Waals surface area contributed by atoms with E-state index in [0.717, 1.165) is 35.5 Å². The van der Waals surface area contributed by atoms with E-state index >= 15 is 0 Å². The van der Waals surface area contributed by atoms with E-state index in [2.05, 4.69) is 68.8 Å². The number of aromatic nitrogens is 2. The highest BCUT2D eigenvalue weighted by molar-refractivity contribution is 7.19. The summed E-state index contributed by atoms with van der Waals surface area (Å²) >= 11 is 8.08. The molecule has 6 heteroatoms. The Labute approximate surface area is 181 Å². The summed E-state index contributed by atoms with van der Waals surface area (Å²) in [6.45, 7) is 12.5. The number of hydrogen-bond acceptors (Lipinski definition) is 5. The highest BCUT2D eigenvalue weighted by Crippen LogP contribution is 2.43. The van der Waals surface area contributed by atoms with E-state index < -0.39 is 0 Å². The van der Waals surface area contributed by atoms with E-state index in [-0.39, 0.29) is 12.2 Å². The molecule has 2 unspecified atom stereocenters. The lowest BCUT2D eigenvalue weighted by Crippen LogP contribution is -2.46. The molecule has 4 nitrogen and oxygen atoms in total. The molecule has 3 heterocycles. The molecule has 0 N–H and O–H groups in total. The van der Waals surface area contributed by atoms with Crippen LogP contribution in [0, 0.1) is 0 Å². The molecule has 2 aromatic heterocycles. The highest BCUT2D eigenvalue weighted by atomic mass is 35.5. The van der Waals surface area contributed by atoms with Gasteiger partial charge in [0.05, 0.1) is 17.6 Å². The van der Waals surface area contributed by atoms with Gasteiger partial charge in [0, 0.05) is 23.5 Å². The monoisotopic (exact) mass is 429 g/mol. The first-order valence-corrected chi connectivity index (χ1v) is 11.6. The molecule has 1 aromatic carbocycles. The van der Waals surface area contributed by atoms with Crippen LogP contribution in [-0.4, -0.2) is 35.3 Å². The van der Waals surface area contributed by atoms with Crippen LogP contribution < -0.4 is 4.90 Å². The predicted octanol–water partition coefficient (Wildman–Crippen LogP) is 6.31. The molecule has 1 aliphatic heterocycles. The second kappa shape index (κ2) is 8.21. The van der Waals surface area contributed by atoms with Crippen LogP contribution in [0.5, 0.6) is 0 Å². The van der Waals surface area contributed by atoms with Crippen molar-refractivity contribution in [2.75, 3.05) is 18.0 Å². The molecule has 3 aromatic rings. The number of halogens is 1. The molecule has 0 spiro atoms. The topological polar surface area (TPSA) is 38.2 Å². The van der Waals surface area contributed by atoms with Crippen LogP contribution >= 0.6 is 22.9 Å². The van der Waals surface area contributed by atoms with Crippen LogP contribution in [-0.2, 0) is 11.2 Å². The van der Waals surface area contributed by atoms with Crippen LogP contribution in [0.3, 0.4) is 0 Å². The van der Waals surface area contributed by atoms with Gasteiger partial charge in [0.2, 0.25) is 5.28 Å². The van der Waals surface area contributed by atoms with E-state index in [1.807, 2.05) is 0 Å². The Morgan fingerprint density at radius 2 is 1.79 bits per heavy atom. The summed E-state index contributed by atoms with van der Waals surface area (Å²) in [5.74, 6) is 1.45. The van der Waals surface area contributed by atoms with Gasteiger partial charge in [-0.1, -0.05) is 45.0 Å². The Hall–Kier alpha value is -1.69. The lowest BCUT2D eigenvalue weighted by atomic mass is 9.97. The van der Waals surface area contributed by atoms with E-state index in [0.29, 0.717) is 11.2 Å². The minimum absolute atomic E-state index is 0.153. The maximum Gasteiger partial charge on any atom is 0.225 e. The Morgan fingerprint density at radius 1 is 1.14 bits per heavy atom. The van der Waals surface area contributed by atoms with Crippen molar-refractivity contribution in [3.05, 3.63) is 40.0 Å². The molecule has 0 radical (unpaired) electrons. The highest BCUT2D eigenvalue weighted by Gasteiger charge is 2.28. The molecular weight excluding hydrogens is 402 g/mol. The summed E-state index contributed by atoms with van der Waals surface area (Å²) in [5.41, 5.74) is 3.82. The normalized spacial score (nSPS) is 20.0. The van der Waals surface area contributed by atoms with Crippen molar-refractivity contribution in [2.45, 2.75) is 59.2 Å². The first-order valence-electron chi connectivity index (χ1n) is 10.4. The van der Waals surface area contributed by atoms with E-state index in [1.54, 1.807) is 11.3 Å². The molecular formula is C23H28ClN3OS. The maximum atomic E-state index is 6.35. The standard InChI is InChI=1S/C23H28ClN3OS/c1-6-18-19(17-9-7-16(8-10-17)13(2)3)20-21(25-23(24)26-22(20)29-18)27-11-14(4)28-15(5)12-27/h7-10,13-15H,6,11-12H2,1-5H3. The number of hydrogen-bond donors (Lipinski definition) is 0. The number of benzene rings is 1. The van der Waals surface area contributed by atoms with Gasteiger partial charge in [-0.25, -0.2) is 4.98 Å². The molecule has 1 aliphatic rings. The SMILES string of the molecule is CCc1sc2nc(Cl)nc(N3CC(C)OC(C)C3)c2c1-c1ccc(C(C)C)cc1. The van der Waals surface area contributed by atoms with Gasteiger partial charge in [-0.15, -0.1) is 11.3 Å². The number of fused-ring (bicyclic) bond motifs is 1. The van der Waals surface area contributed by atoms with Gasteiger partial charge in [-0.3, -0.25) is 0 Å². The van der Waals surface area contributed by atoms with Gasteiger partial charge in [0.15, 0.2) is 0 Å². The van der Waals surface area contributed by atoms with E-state index in [1.165, 1.54) is 21.6 Å². The van der Waals surface area contributed by atoms with Crippen LogP contribution in [0.2, 0.25) is 5.28 Å². The van der Waals surface area contributed by atoms with Crippen LogP contribution in [0.25, 0.3) is 21.3 Å². The van der Waals surface area contributed by atoms with Gasteiger partial charge in [0.25, 0.3) is 0 Å². The van der Waals surface area contributed by atoms with Crippen molar-refractivity contribution >= 4 is 39.0 Å². The van der Waals surface area contributed by atoms with Gasteiger partial charge >= 0.3 is 0 Å². The Morgan fingerprint density at radius 3 is 2.38 bits per heavy atom. The van der Waals surface area contributed by atoms with Crippen LogP contribution in [0.1, 0.15) is 51.0 Å². The van der Waals surface area contributed by atoms with E-state index in [9.17, 15) is 0 Å². The summed E-state index contributed by atoms with van der Waals surface area (Å²) in [5, 5.41) is 1.43. The number of nitrogens with zero attached hydrogens (tertiary/aromatic N) is 3. The van der Waals surface area contributed by atoms with Gasteiger partial charge in [0.1, 0.15) is 10.6 Å². The van der Waals surface area contributed by atoms with Gasteiger partial charge in [-0.05, 0) is 48.9 Å². The fourth-order valence-corrected chi connectivity index (χ4v) is 5.51. The molecule has 29 heavy (non-hydrogen) atoms. The molecule has 2 atom stereocenters. The Kier molecular flexibility index (Phi) is 5.83. The average molecular weight is 430 g/mol. The zero-order valence-electron chi connectivity index (χ0n) is 17.7. The maximum absolute atomic E-state index is 6.35. The van der Waals surface area contributed by atoms with Gasteiger partial charge < -0.3 is 9.64 Å². The van der Waals surface area contributed by atoms with Crippen molar-refractivity contribution in [2.24, 2.45) is 0 Å². The average Bonchev–Trinajstić information content (AvgIpc) is 3.04. The fourth-order valence-electron chi connectivity index (χ4n) is 4.17. The summed E-state index contributed by atoms with van der Waals surface area (Å²) in [6, 6.07) is 8.94. The van der Waals surface area contributed by atoms with E-state index in [4.69, 9.17) is 21.3 Å².